The normalized spacial score (nSPS) is 16.3. The summed E-state index contributed by atoms with van der Waals surface area (Å²) in [5.74, 6) is 0. The molecule has 0 radical (unpaired) electrons. The average Bonchev–Trinajstić information content (AvgIpc) is 2.63. The number of hydrogen-bond acceptors (Lipinski definition) is 1. The molecule has 2 aromatic rings. The summed E-state index contributed by atoms with van der Waals surface area (Å²) in [7, 11) is 2.16. The van der Waals surface area contributed by atoms with Crippen LogP contribution in [0, 0.1) is 0 Å². The molecule has 0 saturated heterocycles. The molecule has 2 nitrogen and oxygen atoms in total. The molecule has 0 N–H and O–H groups in total. The standard InChI is InChI=1S/C16H20N2/c1-17-10-7-15-8-11-18(12-9-16(15)17)13-14-5-3-2-4-6-14/h2-7,10H,8-9,11-13H2,1H3. The molecule has 1 aromatic heterocycles. The summed E-state index contributed by atoms with van der Waals surface area (Å²) in [5.41, 5.74) is 4.47. The second-order valence-corrected chi connectivity index (χ2v) is 5.16. The van der Waals surface area contributed by atoms with Crippen LogP contribution in [0.3, 0.4) is 0 Å². The lowest BCUT2D eigenvalue weighted by atomic mass is 10.1. The first-order chi connectivity index (χ1) is 8.83. The Morgan fingerprint density at radius 3 is 2.61 bits per heavy atom. The zero-order valence-corrected chi connectivity index (χ0v) is 11.0. The van der Waals surface area contributed by atoms with Crippen LogP contribution >= 0.6 is 0 Å². The molecule has 0 fully saturated rings. The Morgan fingerprint density at radius 1 is 1.00 bits per heavy atom. The highest BCUT2D eigenvalue weighted by Gasteiger charge is 2.15. The SMILES string of the molecule is Cn1ccc2c1CCN(Cc1ccccc1)CC2. The van der Waals surface area contributed by atoms with Crippen LogP contribution in [0.1, 0.15) is 16.8 Å². The van der Waals surface area contributed by atoms with Crippen LogP contribution in [-0.4, -0.2) is 22.6 Å². The summed E-state index contributed by atoms with van der Waals surface area (Å²) in [6, 6.07) is 13.1. The van der Waals surface area contributed by atoms with Gasteiger partial charge in [0.05, 0.1) is 0 Å². The van der Waals surface area contributed by atoms with Gasteiger partial charge in [0, 0.05) is 45.0 Å². The molecular formula is C16H20N2. The third kappa shape index (κ3) is 2.34. The minimum absolute atomic E-state index is 1.08. The Balaban J connectivity index is 1.68. The van der Waals surface area contributed by atoms with Gasteiger partial charge in [-0.05, 0) is 23.6 Å². The van der Waals surface area contributed by atoms with E-state index < -0.39 is 0 Å². The topological polar surface area (TPSA) is 8.17 Å². The average molecular weight is 240 g/mol. The monoisotopic (exact) mass is 240 g/mol. The van der Waals surface area contributed by atoms with E-state index in [1.807, 2.05) is 0 Å². The fraction of sp³-hybridized carbons (Fsp3) is 0.375. The number of aryl methyl sites for hydroxylation is 1. The number of nitrogens with zero attached hydrogens (tertiary/aromatic N) is 2. The Kier molecular flexibility index (Phi) is 3.20. The maximum Gasteiger partial charge on any atom is 0.0234 e. The Bertz CT molecular complexity index is 513. The molecule has 18 heavy (non-hydrogen) atoms. The molecule has 1 aliphatic rings. The van der Waals surface area contributed by atoms with Crippen molar-refractivity contribution < 1.29 is 0 Å². The molecule has 0 saturated carbocycles. The van der Waals surface area contributed by atoms with E-state index in [-0.39, 0.29) is 0 Å². The van der Waals surface area contributed by atoms with Gasteiger partial charge in [0.1, 0.15) is 0 Å². The number of fused-ring (bicyclic) bond motifs is 1. The third-order valence-electron chi connectivity index (χ3n) is 3.91. The highest BCUT2D eigenvalue weighted by molar-refractivity contribution is 5.24. The van der Waals surface area contributed by atoms with Gasteiger partial charge in [-0.15, -0.1) is 0 Å². The predicted octanol–water partition coefficient (Wildman–Crippen LogP) is 2.63. The maximum absolute atomic E-state index is 2.56. The van der Waals surface area contributed by atoms with Crippen LogP contribution in [0.2, 0.25) is 0 Å². The fourth-order valence-electron chi connectivity index (χ4n) is 2.83. The summed E-state index contributed by atoms with van der Waals surface area (Å²) in [4.78, 5) is 2.56. The Hall–Kier alpha value is -1.54. The maximum atomic E-state index is 2.56. The molecule has 94 valence electrons. The highest BCUT2D eigenvalue weighted by atomic mass is 15.1. The molecule has 1 aromatic carbocycles. The van der Waals surface area contributed by atoms with Crippen LogP contribution in [0.5, 0.6) is 0 Å². The lowest BCUT2D eigenvalue weighted by Crippen LogP contribution is -2.26. The lowest BCUT2D eigenvalue weighted by molar-refractivity contribution is 0.278. The van der Waals surface area contributed by atoms with E-state index in [1.165, 1.54) is 42.8 Å². The van der Waals surface area contributed by atoms with Crippen molar-refractivity contribution >= 4 is 0 Å². The third-order valence-corrected chi connectivity index (χ3v) is 3.91. The van der Waals surface area contributed by atoms with Gasteiger partial charge in [0.25, 0.3) is 0 Å². The fourth-order valence-corrected chi connectivity index (χ4v) is 2.83. The summed E-state index contributed by atoms with van der Waals surface area (Å²) >= 11 is 0. The molecular weight excluding hydrogens is 220 g/mol. The molecule has 0 unspecified atom stereocenters. The molecule has 0 spiro atoms. The first-order valence-electron chi connectivity index (χ1n) is 6.72. The van der Waals surface area contributed by atoms with Gasteiger partial charge in [0.15, 0.2) is 0 Å². The van der Waals surface area contributed by atoms with Crippen molar-refractivity contribution in [2.24, 2.45) is 7.05 Å². The van der Waals surface area contributed by atoms with Crippen LogP contribution in [0.15, 0.2) is 42.6 Å². The number of benzene rings is 1. The largest absolute Gasteiger partial charge is 0.354 e. The molecule has 0 amide bonds. The molecule has 0 atom stereocenters. The van der Waals surface area contributed by atoms with Crippen molar-refractivity contribution in [3.05, 3.63) is 59.4 Å². The molecule has 1 aliphatic heterocycles. The van der Waals surface area contributed by atoms with Gasteiger partial charge in [-0.1, -0.05) is 30.3 Å². The minimum atomic E-state index is 1.08. The number of rotatable bonds is 2. The molecule has 2 heterocycles. The lowest BCUT2D eigenvalue weighted by Gasteiger charge is -2.19. The van der Waals surface area contributed by atoms with Crippen molar-refractivity contribution in [3.63, 3.8) is 0 Å². The van der Waals surface area contributed by atoms with E-state index in [0.29, 0.717) is 0 Å². The summed E-state index contributed by atoms with van der Waals surface area (Å²) < 4.78 is 2.28. The van der Waals surface area contributed by atoms with Crippen molar-refractivity contribution in [2.75, 3.05) is 13.1 Å². The van der Waals surface area contributed by atoms with Crippen LogP contribution in [0.4, 0.5) is 0 Å². The molecule has 0 aliphatic carbocycles. The summed E-state index contributed by atoms with van der Waals surface area (Å²) in [6.07, 6.45) is 4.55. The van der Waals surface area contributed by atoms with Gasteiger partial charge in [-0.2, -0.15) is 0 Å². The Labute approximate surface area is 109 Å². The van der Waals surface area contributed by atoms with Crippen molar-refractivity contribution in [1.29, 1.82) is 0 Å². The van der Waals surface area contributed by atoms with Crippen molar-refractivity contribution in [1.82, 2.24) is 9.47 Å². The van der Waals surface area contributed by atoms with E-state index in [0.717, 1.165) is 6.54 Å². The van der Waals surface area contributed by atoms with Crippen molar-refractivity contribution in [3.8, 4) is 0 Å². The van der Waals surface area contributed by atoms with E-state index in [4.69, 9.17) is 0 Å². The van der Waals surface area contributed by atoms with Crippen LogP contribution in [0.25, 0.3) is 0 Å². The number of aromatic nitrogens is 1. The minimum Gasteiger partial charge on any atom is -0.354 e. The molecule has 0 bridgehead atoms. The quantitative estimate of drug-likeness (QED) is 0.783. The highest BCUT2D eigenvalue weighted by Crippen LogP contribution is 2.17. The van der Waals surface area contributed by atoms with Gasteiger partial charge in [0.2, 0.25) is 0 Å². The number of hydrogen-bond donors (Lipinski definition) is 0. The molecule has 2 heteroatoms. The second-order valence-electron chi connectivity index (χ2n) is 5.16. The first-order valence-corrected chi connectivity index (χ1v) is 6.72. The van der Waals surface area contributed by atoms with Crippen LogP contribution in [-0.2, 0) is 26.4 Å². The smallest absolute Gasteiger partial charge is 0.0234 e. The second kappa shape index (κ2) is 4.99. The van der Waals surface area contributed by atoms with E-state index in [2.05, 4.69) is 59.1 Å². The first kappa shape index (κ1) is 11.5. The van der Waals surface area contributed by atoms with Gasteiger partial charge in [-0.3, -0.25) is 4.90 Å². The van der Waals surface area contributed by atoms with Crippen molar-refractivity contribution in [2.45, 2.75) is 19.4 Å². The Morgan fingerprint density at radius 2 is 1.78 bits per heavy atom. The van der Waals surface area contributed by atoms with Gasteiger partial charge >= 0.3 is 0 Å². The van der Waals surface area contributed by atoms with Crippen LogP contribution < -0.4 is 0 Å². The van der Waals surface area contributed by atoms with E-state index >= 15 is 0 Å². The van der Waals surface area contributed by atoms with E-state index in [9.17, 15) is 0 Å². The summed E-state index contributed by atoms with van der Waals surface area (Å²) in [6.45, 7) is 3.42. The zero-order chi connectivity index (χ0) is 12.4. The molecule has 3 rings (SSSR count). The van der Waals surface area contributed by atoms with E-state index in [1.54, 1.807) is 0 Å². The van der Waals surface area contributed by atoms with Gasteiger partial charge in [-0.25, -0.2) is 0 Å². The predicted molar refractivity (Wildman–Crippen MR) is 74.5 cm³/mol. The summed E-state index contributed by atoms with van der Waals surface area (Å²) in [5, 5.41) is 0. The zero-order valence-electron chi connectivity index (χ0n) is 11.0. The van der Waals surface area contributed by atoms with Gasteiger partial charge < -0.3 is 4.57 Å².